The predicted octanol–water partition coefficient (Wildman–Crippen LogP) is 6.77. The van der Waals surface area contributed by atoms with Gasteiger partial charge in [-0.15, -0.1) is 0 Å². The molecular formula is C25H20BrClN4S. The lowest BCUT2D eigenvalue weighted by molar-refractivity contribution is 0.549. The van der Waals surface area contributed by atoms with Crippen LogP contribution in [0.1, 0.15) is 29.0 Å². The first-order chi connectivity index (χ1) is 15.5. The van der Waals surface area contributed by atoms with E-state index in [1.807, 2.05) is 42.6 Å². The van der Waals surface area contributed by atoms with Gasteiger partial charge < -0.3 is 14.8 Å². The molecule has 0 bridgehead atoms. The molecule has 1 aliphatic rings. The highest BCUT2D eigenvalue weighted by molar-refractivity contribution is 9.10. The molecule has 0 amide bonds. The van der Waals surface area contributed by atoms with Crippen LogP contribution in [0.2, 0.25) is 5.02 Å². The summed E-state index contributed by atoms with van der Waals surface area (Å²) in [7, 11) is 0. The number of thiocarbonyl (C=S) groups is 1. The molecule has 5 rings (SSSR count). The highest BCUT2D eigenvalue weighted by Crippen LogP contribution is 2.42. The van der Waals surface area contributed by atoms with E-state index in [0.29, 0.717) is 10.1 Å². The highest BCUT2D eigenvalue weighted by Gasteiger charge is 2.42. The minimum atomic E-state index is -0.111. The number of nitrogens with zero attached hydrogens (tertiary/aromatic N) is 3. The fourth-order valence-corrected chi connectivity index (χ4v) is 4.99. The van der Waals surface area contributed by atoms with Crippen LogP contribution in [-0.4, -0.2) is 14.7 Å². The van der Waals surface area contributed by atoms with Crippen LogP contribution in [-0.2, 0) is 0 Å². The molecule has 0 saturated carbocycles. The first-order valence-corrected chi connectivity index (χ1v) is 11.8. The van der Waals surface area contributed by atoms with Crippen LogP contribution < -0.4 is 10.2 Å². The van der Waals surface area contributed by atoms with Gasteiger partial charge in [-0.05, 0) is 85.4 Å². The first-order valence-electron chi connectivity index (χ1n) is 10.2. The van der Waals surface area contributed by atoms with Crippen molar-refractivity contribution in [3.05, 3.63) is 112 Å². The Kier molecular flexibility index (Phi) is 5.76. The van der Waals surface area contributed by atoms with Gasteiger partial charge in [0.1, 0.15) is 6.04 Å². The van der Waals surface area contributed by atoms with Gasteiger partial charge in [0.25, 0.3) is 0 Å². The number of nitrogens with one attached hydrogen (secondary N) is 1. The summed E-state index contributed by atoms with van der Waals surface area (Å²) < 4.78 is 3.24. The zero-order valence-electron chi connectivity index (χ0n) is 17.2. The summed E-state index contributed by atoms with van der Waals surface area (Å²) in [6.45, 7) is 2.08. The molecule has 0 radical (unpaired) electrons. The number of pyridine rings is 1. The van der Waals surface area contributed by atoms with Gasteiger partial charge >= 0.3 is 0 Å². The van der Waals surface area contributed by atoms with Gasteiger partial charge in [-0.2, -0.15) is 0 Å². The van der Waals surface area contributed by atoms with Crippen LogP contribution in [0.5, 0.6) is 0 Å². The van der Waals surface area contributed by atoms with Gasteiger partial charge in [0, 0.05) is 39.0 Å². The van der Waals surface area contributed by atoms with E-state index < -0.39 is 0 Å². The largest absolute Gasteiger partial charge is 0.351 e. The van der Waals surface area contributed by atoms with Gasteiger partial charge in [-0.3, -0.25) is 4.98 Å². The van der Waals surface area contributed by atoms with E-state index in [9.17, 15) is 0 Å². The second-order valence-corrected chi connectivity index (χ2v) is 9.39. The molecule has 0 spiro atoms. The normalized spacial score (nSPS) is 18.1. The SMILES string of the molecule is Cc1cc(N2C(=S)NC(c3ccccn3)C2c2cccn2-c2cccc(Cl)c2)ccc1Br. The number of benzene rings is 2. The molecule has 0 aliphatic carbocycles. The standard InChI is InChI=1S/C25H20BrClN4S/c1-16-14-19(10-11-20(16)26)31-24(23(29-25(31)32)21-8-2-3-12-28-21)22-9-5-13-30(22)18-7-4-6-17(27)15-18/h2-15,23-24H,1H3,(H,29,32). The molecule has 1 N–H and O–H groups in total. The second-order valence-electron chi connectivity index (χ2n) is 7.71. The van der Waals surface area contributed by atoms with Crippen LogP contribution in [0.3, 0.4) is 0 Å². The van der Waals surface area contributed by atoms with Gasteiger partial charge in [0.15, 0.2) is 5.11 Å². The number of anilines is 1. The van der Waals surface area contributed by atoms with Gasteiger partial charge in [0.2, 0.25) is 0 Å². The highest BCUT2D eigenvalue weighted by atomic mass is 79.9. The molecule has 7 heteroatoms. The van der Waals surface area contributed by atoms with Crippen molar-refractivity contribution >= 4 is 50.5 Å². The van der Waals surface area contributed by atoms with E-state index >= 15 is 0 Å². The van der Waals surface area contributed by atoms with Gasteiger partial charge in [-0.25, -0.2) is 0 Å². The molecule has 2 unspecified atom stereocenters. The van der Waals surface area contributed by atoms with E-state index in [-0.39, 0.29) is 12.1 Å². The van der Waals surface area contributed by atoms with Crippen molar-refractivity contribution < 1.29 is 0 Å². The summed E-state index contributed by atoms with van der Waals surface area (Å²) in [6, 6.07) is 24.1. The van der Waals surface area contributed by atoms with Crippen molar-refractivity contribution in [1.82, 2.24) is 14.9 Å². The maximum Gasteiger partial charge on any atom is 0.174 e. The maximum absolute atomic E-state index is 6.31. The van der Waals surface area contributed by atoms with Crippen molar-refractivity contribution in [2.24, 2.45) is 0 Å². The Morgan fingerprint density at radius 2 is 1.88 bits per heavy atom. The Balaban J connectivity index is 1.68. The minimum Gasteiger partial charge on any atom is -0.351 e. The Labute approximate surface area is 206 Å². The fraction of sp³-hybridized carbons (Fsp3) is 0.120. The number of aromatic nitrogens is 2. The molecule has 1 saturated heterocycles. The summed E-state index contributed by atoms with van der Waals surface area (Å²) in [4.78, 5) is 6.83. The number of halogens is 2. The molecule has 32 heavy (non-hydrogen) atoms. The molecule has 4 aromatic rings. The topological polar surface area (TPSA) is 33.1 Å². The van der Waals surface area contributed by atoms with Crippen LogP contribution in [0, 0.1) is 6.92 Å². The molecule has 160 valence electrons. The Morgan fingerprint density at radius 1 is 1.00 bits per heavy atom. The third kappa shape index (κ3) is 3.83. The molecule has 4 nitrogen and oxygen atoms in total. The molecular weight excluding hydrogens is 504 g/mol. The molecule has 3 heterocycles. The van der Waals surface area contributed by atoms with E-state index in [0.717, 1.165) is 32.8 Å². The van der Waals surface area contributed by atoms with Crippen LogP contribution in [0.15, 0.2) is 89.7 Å². The summed E-state index contributed by atoms with van der Waals surface area (Å²) in [5.41, 5.74) is 5.22. The van der Waals surface area contributed by atoms with Gasteiger partial charge in [-0.1, -0.05) is 39.7 Å². The summed E-state index contributed by atoms with van der Waals surface area (Å²) in [5.74, 6) is 0. The van der Waals surface area contributed by atoms with E-state index in [1.54, 1.807) is 0 Å². The number of aryl methyl sites for hydroxylation is 1. The van der Waals surface area contributed by atoms with Crippen molar-refractivity contribution in [3.63, 3.8) is 0 Å². The molecule has 2 aromatic carbocycles. The van der Waals surface area contributed by atoms with E-state index in [4.69, 9.17) is 23.8 Å². The molecule has 1 aliphatic heterocycles. The fourth-order valence-electron chi connectivity index (χ4n) is 4.21. The summed E-state index contributed by atoms with van der Waals surface area (Å²) in [6.07, 6.45) is 3.88. The molecule has 1 fully saturated rings. The number of rotatable bonds is 4. The lowest BCUT2D eigenvalue weighted by Gasteiger charge is -2.29. The minimum absolute atomic E-state index is 0.105. The maximum atomic E-state index is 6.31. The third-order valence-corrected chi connectivity index (χ3v) is 7.13. The van der Waals surface area contributed by atoms with Crippen molar-refractivity contribution in [3.8, 4) is 5.69 Å². The Morgan fingerprint density at radius 3 is 2.62 bits per heavy atom. The summed E-state index contributed by atoms with van der Waals surface area (Å²) >= 11 is 15.8. The smallest absolute Gasteiger partial charge is 0.174 e. The molecule has 2 aromatic heterocycles. The monoisotopic (exact) mass is 522 g/mol. The zero-order chi connectivity index (χ0) is 22.2. The van der Waals surface area contributed by atoms with Crippen LogP contribution in [0.25, 0.3) is 5.69 Å². The van der Waals surface area contributed by atoms with Crippen molar-refractivity contribution in [1.29, 1.82) is 0 Å². The average molecular weight is 524 g/mol. The number of hydrogen-bond acceptors (Lipinski definition) is 2. The first kappa shape index (κ1) is 21.2. The van der Waals surface area contributed by atoms with Crippen LogP contribution >= 0.6 is 39.7 Å². The Hall–Kier alpha value is -2.67. The predicted molar refractivity (Wildman–Crippen MR) is 138 cm³/mol. The Bertz CT molecular complexity index is 1290. The van der Waals surface area contributed by atoms with Gasteiger partial charge in [0.05, 0.1) is 11.7 Å². The quantitative estimate of drug-likeness (QED) is 0.299. The average Bonchev–Trinajstić information content (AvgIpc) is 3.40. The lowest BCUT2D eigenvalue weighted by atomic mass is 10.0. The summed E-state index contributed by atoms with van der Waals surface area (Å²) in [5, 5.41) is 4.90. The lowest BCUT2D eigenvalue weighted by Crippen LogP contribution is -2.30. The van der Waals surface area contributed by atoms with Crippen molar-refractivity contribution in [2.45, 2.75) is 19.0 Å². The van der Waals surface area contributed by atoms with E-state index in [2.05, 4.69) is 85.2 Å². The second kappa shape index (κ2) is 8.70. The third-order valence-electron chi connectivity index (χ3n) is 5.69. The zero-order valence-corrected chi connectivity index (χ0v) is 20.4. The van der Waals surface area contributed by atoms with Crippen molar-refractivity contribution in [2.75, 3.05) is 4.90 Å². The van der Waals surface area contributed by atoms with Crippen LogP contribution in [0.4, 0.5) is 5.69 Å². The molecule has 2 atom stereocenters. The van der Waals surface area contributed by atoms with E-state index in [1.165, 1.54) is 0 Å². The number of hydrogen-bond donors (Lipinski definition) is 1.